The Bertz CT molecular complexity index is 1230. The highest BCUT2D eigenvalue weighted by molar-refractivity contribution is 5.70. The Kier molecular flexibility index (Phi) is 5.18. The molecule has 2 aromatic heterocycles. The van der Waals surface area contributed by atoms with Crippen LogP contribution in [0.5, 0.6) is 17.2 Å². The van der Waals surface area contributed by atoms with Gasteiger partial charge >= 0.3 is 6.18 Å². The molecule has 160 valence electrons. The summed E-state index contributed by atoms with van der Waals surface area (Å²) in [4.78, 5) is 4.27. The summed E-state index contributed by atoms with van der Waals surface area (Å²) >= 11 is 0. The van der Waals surface area contributed by atoms with Gasteiger partial charge < -0.3 is 14.2 Å². The molecule has 0 aliphatic heterocycles. The van der Waals surface area contributed by atoms with Gasteiger partial charge in [0.15, 0.2) is 17.1 Å². The largest absolute Gasteiger partial charge is 0.493 e. The van der Waals surface area contributed by atoms with Crippen molar-refractivity contribution in [3.05, 3.63) is 60.3 Å². The first kappa shape index (κ1) is 20.5. The van der Waals surface area contributed by atoms with Crippen molar-refractivity contribution in [2.45, 2.75) is 6.18 Å². The predicted molar refractivity (Wildman–Crippen MR) is 109 cm³/mol. The number of hydrogen-bond donors (Lipinski definition) is 0. The first-order valence-electron chi connectivity index (χ1n) is 9.18. The number of fused-ring (bicyclic) bond motifs is 1. The van der Waals surface area contributed by atoms with Gasteiger partial charge in [0, 0.05) is 11.1 Å². The van der Waals surface area contributed by atoms with E-state index < -0.39 is 11.7 Å². The highest BCUT2D eigenvalue weighted by Gasteiger charge is 2.30. The standard InChI is InChI=1S/C22H18F3N3O3/c1-29-18-10-14(11-19(30-2)21(18)31-3)16-7-8-20-26-12-17(28(20)27-16)13-5-4-6-15(9-13)22(23,24)25/h4-12H,1-3H3. The summed E-state index contributed by atoms with van der Waals surface area (Å²) < 4.78 is 57.1. The van der Waals surface area contributed by atoms with Crippen molar-refractivity contribution in [3.63, 3.8) is 0 Å². The maximum absolute atomic E-state index is 13.1. The number of aromatic nitrogens is 3. The topological polar surface area (TPSA) is 57.9 Å². The third kappa shape index (κ3) is 3.74. The molecule has 4 rings (SSSR count). The molecule has 0 aliphatic carbocycles. The molecule has 31 heavy (non-hydrogen) atoms. The van der Waals surface area contributed by atoms with Crippen LogP contribution in [0.25, 0.3) is 28.2 Å². The minimum Gasteiger partial charge on any atom is -0.493 e. The highest BCUT2D eigenvalue weighted by Crippen LogP contribution is 2.41. The van der Waals surface area contributed by atoms with E-state index in [1.165, 1.54) is 38.1 Å². The number of imidazole rings is 1. The third-order valence-corrected chi connectivity index (χ3v) is 4.81. The Labute approximate surface area is 175 Å². The molecule has 0 fully saturated rings. The van der Waals surface area contributed by atoms with Gasteiger partial charge in [-0.2, -0.15) is 18.3 Å². The SMILES string of the molecule is COc1cc(-c2ccc3ncc(-c4cccc(C(F)(F)F)c4)n3n2)cc(OC)c1OC. The van der Waals surface area contributed by atoms with Crippen LogP contribution in [0.4, 0.5) is 13.2 Å². The zero-order chi connectivity index (χ0) is 22.2. The van der Waals surface area contributed by atoms with E-state index in [1.807, 2.05) is 0 Å². The van der Waals surface area contributed by atoms with Crippen molar-refractivity contribution in [1.29, 1.82) is 0 Å². The van der Waals surface area contributed by atoms with Crippen LogP contribution < -0.4 is 14.2 Å². The number of hydrogen-bond acceptors (Lipinski definition) is 5. The van der Waals surface area contributed by atoms with Gasteiger partial charge in [-0.3, -0.25) is 0 Å². The summed E-state index contributed by atoms with van der Waals surface area (Å²) in [6.45, 7) is 0. The number of alkyl halides is 3. The third-order valence-electron chi connectivity index (χ3n) is 4.81. The average Bonchev–Trinajstić information content (AvgIpc) is 3.20. The van der Waals surface area contributed by atoms with Crippen molar-refractivity contribution >= 4 is 5.65 Å². The van der Waals surface area contributed by atoms with E-state index in [0.717, 1.165) is 12.1 Å². The summed E-state index contributed by atoms with van der Waals surface area (Å²) in [5.41, 5.74) is 1.80. The summed E-state index contributed by atoms with van der Waals surface area (Å²) in [7, 11) is 4.54. The Hall–Kier alpha value is -3.75. The van der Waals surface area contributed by atoms with E-state index >= 15 is 0 Å². The van der Waals surface area contributed by atoms with Gasteiger partial charge in [-0.25, -0.2) is 9.50 Å². The molecule has 0 atom stereocenters. The quantitative estimate of drug-likeness (QED) is 0.441. The predicted octanol–water partition coefficient (Wildman–Crippen LogP) is 5.11. The molecule has 0 spiro atoms. The van der Waals surface area contributed by atoms with Gasteiger partial charge in [-0.05, 0) is 36.4 Å². The maximum atomic E-state index is 13.1. The van der Waals surface area contributed by atoms with Crippen LogP contribution in [0.1, 0.15) is 5.56 Å². The van der Waals surface area contributed by atoms with Gasteiger partial charge in [0.2, 0.25) is 5.75 Å². The van der Waals surface area contributed by atoms with Crippen LogP contribution >= 0.6 is 0 Å². The normalized spacial score (nSPS) is 11.5. The van der Waals surface area contributed by atoms with E-state index in [2.05, 4.69) is 10.1 Å². The lowest BCUT2D eigenvalue weighted by atomic mass is 10.1. The lowest BCUT2D eigenvalue weighted by molar-refractivity contribution is -0.137. The smallest absolute Gasteiger partial charge is 0.416 e. The Morgan fingerprint density at radius 1 is 0.839 bits per heavy atom. The van der Waals surface area contributed by atoms with Gasteiger partial charge in [0.1, 0.15) is 0 Å². The van der Waals surface area contributed by atoms with Crippen molar-refractivity contribution in [3.8, 4) is 39.8 Å². The van der Waals surface area contributed by atoms with Crippen LogP contribution in [-0.2, 0) is 6.18 Å². The first-order chi connectivity index (χ1) is 14.9. The zero-order valence-electron chi connectivity index (χ0n) is 16.9. The summed E-state index contributed by atoms with van der Waals surface area (Å²) in [6.07, 6.45) is -2.94. The van der Waals surface area contributed by atoms with Crippen molar-refractivity contribution < 1.29 is 27.4 Å². The zero-order valence-corrected chi connectivity index (χ0v) is 16.9. The molecule has 6 nitrogen and oxygen atoms in total. The number of halogens is 3. The van der Waals surface area contributed by atoms with E-state index in [1.54, 1.807) is 30.3 Å². The summed E-state index contributed by atoms with van der Waals surface area (Å²) in [5, 5.41) is 4.60. The molecule has 4 aromatic rings. The molecule has 0 saturated heterocycles. The molecule has 0 aliphatic rings. The molecule has 0 unspecified atom stereocenters. The number of nitrogens with zero attached hydrogens (tertiary/aromatic N) is 3. The first-order valence-corrected chi connectivity index (χ1v) is 9.18. The average molecular weight is 429 g/mol. The molecule has 0 N–H and O–H groups in total. The molecule has 0 saturated carbocycles. The fourth-order valence-electron chi connectivity index (χ4n) is 3.31. The lowest BCUT2D eigenvalue weighted by Crippen LogP contribution is -2.05. The Balaban J connectivity index is 1.85. The molecule has 2 heterocycles. The number of methoxy groups -OCH3 is 3. The van der Waals surface area contributed by atoms with Crippen LogP contribution in [0.3, 0.4) is 0 Å². The van der Waals surface area contributed by atoms with Crippen molar-refractivity contribution in [1.82, 2.24) is 14.6 Å². The van der Waals surface area contributed by atoms with Crippen LogP contribution in [-0.4, -0.2) is 35.9 Å². The lowest BCUT2D eigenvalue weighted by Gasteiger charge is -2.14. The van der Waals surface area contributed by atoms with Gasteiger partial charge in [-0.15, -0.1) is 0 Å². The minimum absolute atomic E-state index is 0.358. The Morgan fingerprint density at radius 2 is 1.55 bits per heavy atom. The second-order valence-electron chi connectivity index (χ2n) is 6.62. The minimum atomic E-state index is -4.44. The van der Waals surface area contributed by atoms with Crippen molar-refractivity contribution in [2.75, 3.05) is 21.3 Å². The van der Waals surface area contributed by atoms with Crippen molar-refractivity contribution in [2.24, 2.45) is 0 Å². The van der Waals surface area contributed by atoms with Gasteiger partial charge in [0.05, 0.1) is 44.5 Å². The highest BCUT2D eigenvalue weighted by atomic mass is 19.4. The Morgan fingerprint density at radius 3 is 2.16 bits per heavy atom. The fraction of sp³-hybridized carbons (Fsp3) is 0.182. The second-order valence-corrected chi connectivity index (χ2v) is 6.62. The van der Waals surface area contributed by atoms with E-state index in [4.69, 9.17) is 14.2 Å². The van der Waals surface area contributed by atoms with E-state index in [0.29, 0.717) is 45.4 Å². The van der Waals surface area contributed by atoms with Crippen LogP contribution in [0.15, 0.2) is 54.7 Å². The summed E-state index contributed by atoms with van der Waals surface area (Å²) in [6, 6.07) is 12.1. The fourth-order valence-corrected chi connectivity index (χ4v) is 3.31. The molecular formula is C22H18F3N3O3. The molecule has 0 bridgehead atoms. The number of rotatable bonds is 5. The van der Waals surface area contributed by atoms with Crippen LogP contribution in [0, 0.1) is 0 Å². The molecule has 2 aromatic carbocycles. The van der Waals surface area contributed by atoms with Crippen LogP contribution in [0.2, 0.25) is 0 Å². The molecule has 0 amide bonds. The van der Waals surface area contributed by atoms with Gasteiger partial charge in [-0.1, -0.05) is 12.1 Å². The molecule has 0 radical (unpaired) electrons. The second kappa shape index (κ2) is 7.82. The summed E-state index contributed by atoms with van der Waals surface area (Å²) in [5.74, 6) is 1.37. The van der Waals surface area contributed by atoms with E-state index in [9.17, 15) is 13.2 Å². The number of benzene rings is 2. The molecular weight excluding hydrogens is 411 g/mol. The maximum Gasteiger partial charge on any atom is 0.416 e. The monoisotopic (exact) mass is 429 g/mol. The van der Waals surface area contributed by atoms with E-state index in [-0.39, 0.29) is 0 Å². The van der Waals surface area contributed by atoms with Gasteiger partial charge in [0.25, 0.3) is 0 Å². The number of ether oxygens (including phenoxy) is 3. The molecule has 9 heteroatoms.